The summed E-state index contributed by atoms with van der Waals surface area (Å²) < 4.78 is 0. The second-order valence-electron chi connectivity index (χ2n) is 9.18. The highest BCUT2D eigenvalue weighted by Gasteiger charge is 2.58. The number of ketones is 1. The van der Waals surface area contributed by atoms with Gasteiger partial charge in [-0.15, -0.1) is 0 Å². The van der Waals surface area contributed by atoms with Crippen LogP contribution in [0.3, 0.4) is 0 Å². The molecule has 0 aliphatic heterocycles. The molecule has 0 radical (unpaired) electrons. The Morgan fingerprint density at radius 3 is 1.20 bits per heavy atom. The molecule has 20 heavy (non-hydrogen) atoms. The SMILES string of the molecule is CC1(C)CCCCC1(C)C(=O)C1(C)CCCCC1(C)C. The van der Waals surface area contributed by atoms with Crippen molar-refractivity contribution in [1.82, 2.24) is 0 Å². The molecule has 0 aromatic rings. The molecule has 2 aliphatic rings. The highest BCUT2D eigenvalue weighted by molar-refractivity contribution is 5.91. The van der Waals surface area contributed by atoms with E-state index < -0.39 is 0 Å². The van der Waals surface area contributed by atoms with Gasteiger partial charge < -0.3 is 0 Å². The van der Waals surface area contributed by atoms with Crippen molar-refractivity contribution in [3.8, 4) is 0 Å². The molecular weight excluding hydrogens is 244 g/mol. The van der Waals surface area contributed by atoms with Gasteiger partial charge in [0.05, 0.1) is 0 Å². The zero-order valence-corrected chi connectivity index (χ0v) is 14.6. The van der Waals surface area contributed by atoms with E-state index in [0.717, 1.165) is 12.8 Å². The van der Waals surface area contributed by atoms with Crippen LogP contribution in [0.5, 0.6) is 0 Å². The van der Waals surface area contributed by atoms with Crippen LogP contribution in [0.25, 0.3) is 0 Å². The first-order valence-electron chi connectivity index (χ1n) is 8.62. The Morgan fingerprint density at radius 2 is 0.900 bits per heavy atom. The van der Waals surface area contributed by atoms with E-state index in [1.54, 1.807) is 0 Å². The van der Waals surface area contributed by atoms with Crippen LogP contribution in [-0.2, 0) is 4.79 Å². The van der Waals surface area contributed by atoms with Crippen LogP contribution in [-0.4, -0.2) is 5.78 Å². The molecule has 116 valence electrons. The molecule has 0 bridgehead atoms. The Labute approximate surface area is 125 Å². The van der Waals surface area contributed by atoms with Crippen LogP contribution in [0.1, 0.15) is 92.9 Å². The van der Waals surface area contributed by atoms with Crippen LogP contribution >= 0.6 is 0 Å². The van der Waals surface area contributed by atoms with E-state index in [4.69, 9.17) is 0 Å². The quantitative estimate of drug-likeness (QED) is 0.627. The monoisotopic (exact) mass is 278 g/mol. The molecule has 0 saturated heterocycles. The fourth-order valence-electron chi connectivity index (χ4n) is 4.77. The van der Waals surface area contributed by atoms with Crippen molar-refractivity contribution >= 4 is 5.78 Å². The number of Topliss-reactive ketones (excluding diaryl/α,β-unsaturated/α-hetero) is 1. The van der Waals surface area contributed by atoms with E-state index in [0.29, 0.717) is 5.78 Å². The van der Waals surface area contributed by atoms with Crippen molar-refractivity contribution in [3.05, 3.63) is 0 Å². The van der Waals surface area contributed by atoms with E-state index >= 15 is 0 Å². The highest BCUT2D eigenvalue weighted by Crippen LogP contribution is 2.59. The average Bonchev–Trinajstić information content (AvgIpc) is 2.35. The van der Waals surface area contributed by atoms with Gasteiger partial charge in [-0.05, 0) is 36.5 Å². The summed E-state index contributed by atoms with van der Waals surface area (Å²) in [7, 11) is 0. The van der Waals surface area contributed by atoms with Gasteiger partial charge in [0.15, 0.2) is 0 Å². The lowest BCUT2D eigenvalue weighted by Gasteiger charge is -2.55. The second kappa shape index (κ2) is 4.85. The van der Waals surface area contributed by atoms with Crippen molar-refractivity contribution < 1.29 is 4.79 Å². The Hall–Kier alpha value is -0.330. The Kier molecular flexibility index (Phi) is 3.89. The summed E-state index contributed by atoms with van der Waals surface area (Å²) in [5, 5.41) is 0. The minimum atomic E-state index is -0.130. The van der Waals surface area contributed by atoms with Crippen LogP contribution in [0.15, 0.2) is 0 Å². The topological polar surface area (TPSA) is 17.1 Å². The number of carbonyl (C=O) groups excluding carboxylic acids is 1. The standard InChI is InChI=1S/C19H34O/c1-16(2)11-7-9-13-18(16,5)15(20)19(6)14-10-8-12-17(19,3)4/h7-14H2,1-6H3. The third kappa shape index (κ3) is 2.16. The Bertz CT molecular complexity index is 357. The minimum absolute atomic E-state index is 0.130. The normalized spacial score (nSPS) is 40.3. The lowest BCUT2D eigenvalue weighted by atomic mass is 9.47. The Morgan fingerprint density at radius 1 is 0.600 bits per heavy atom. The first kappa shape index (κ1) is 16.0. The molecule has 2 unspecified atom stereocenters. The first-order valence-corrected chi connectivity index (χ1v) is 8.62. The van der Waals surface area contributed by atoms with Gasteiger partial charge in [-0.2, -0.15) is 0 Å². The molecule has 2 aliphatic carbocycles. The molecule has 0 N–H and O–H groups in total. The summed E-state index contributed by atoms with van der Waals surface area (Å²) in [4.78, 5) is 13.6. The van der Waals surface area contributed by atoms with Gasteiger partial charge in [0, 0.05) is 10.8 Å². The van der Waals surface area contributed by atoms with Gasteiger partial charge in [0.1, 0.15) is 5.78 Å². The summed E-state index contributed by atoms with van der Waals surface area (Å²) in [6.45, 7) is 13.8. The summed E-state index contributed by atoms with van der Waals surface area (Å²) in [5.41, 5.74) is 0.0426. The summed E-state index contributed by atoms with van der Waals surface area (Å²) in [6.07, 6.45) is 9.60. The largest absolute Gasteiger partial charge is 0.298 e. The van der Waals surface area contributed by atoms with Gasteiger partial charge >= 0.3 is 0 Å². The van der Waals surface area contributed by atoms with Crippen LogP contribution in [0, 0.1) is 21.7 Å². The average molecular weight is 278 g/mol. The van der Waals surface area contributed by atoms with Crippen LogP contribution < -0.4 is 0 Å². The van der Waals surface area contributed by atoms with E-state index in [1.807, 2.05) is 0 Å². The van der Waals surface area contributed by atoms with E-state index in [1.165, 1.54) is 38.5 Å². The van der Waals surface area contributed by atoms with Gasteiger partial charge in [-0.25, -0.2) is 0 Å². The molecule has 2 saturated carbocycles. The molecule has 0 aromatic heterocycles. The summed E-state index contributed by atoms with van der Waals surface area (Å²) >= 11 is 0. The predicted molar refractivity (Wildman–Crippen MR) is 85.7 cm³/mol. The fraction of sp³-hybridized carbons (Fsp3) is 0.947. The third-order valence-corrected chi connectivity index (χ3v) is 7.45. The second-order valence-corrected chi connectivity index (χ2v) is 9.18. The van der Waals surface area contributed by atoms with Crippen LogP contribution in [0.2, 0.25) is 0 Å². The summed E-state index contributed by atoms with van der Waals surface area (Å²) in [5.74, 6) is 0.569. The zero-order chi connectivity index (χ0) is 15.2. The van der Waals surface area contributed by atoms with Crippen LogP contribution in [0.4, 0.5) is 0 Å². The van der Waals surface area contributed by atoms with Gasteiger partial charge in [0.2, 0.25) is 0 Å². The van der Waals surface area contributed by atoms with Crippen molar-refractivity contribution in [2.45, 2.75) is 92.9 Å². The maximum absolute atomic E-state index is 13.6. The van der Waals surface area contributed by atoms with Gasteiger partial charge in [-0.3, -0.25) is 4.79 Å². The molecule has 1 heteroatoms. The third-order valence-electron chi connectivity index (χ3n) is 7.45. The van der Waals surface area contributed by atoms with Gasteiger partial charge in [-0.1, -0.05) is 67.2 Å². The fourth-order valence-corrected chi connectivity index (χ4v) is 4.77. The molecule has 2 atom stereocenters. The molecule has 0 heterocycles. The van der Waals surface area contributed by atoms with Crippen molar-refractivity contribution in [2.24, 2.45) is 21.7 Å². The lowest BCUT2D eigenvalue weighted by molar-refractivity contribution is -0.158. The molecule has 2 fully saturated rings. The molecule has 1 nitrogen and oxygen atoms in total. The number of hydrogen-bond acceptors (Lipinski definition) is 1. The lowest BCUT2D eigenvalue weighted by Crippen LogP contribution is -2.55. The number of rotatable bonds is 2. The summed E-state index contributed by atoms with van der Waals surface area (Å²) in [6, 6.07) is 0. The molecule has 2 rings (SSSR count). The molecule has 0 spiro atoms. The maximum atomic E-state index is 13.6. The van der Waals surface area contributed by atoms with E-state index in [-0.39, 0.29) is 21.7 Å². The first-order chi connectivity index (χ1) is 9.07. The van der Waals surface area contributed by atoms with Crippen molar-refractivity contribution in [3.63, 3.8) is 0 Å². The highest BCUT2D eigenvalue weighted by atomic mass is 16.1. The van der Waals surface area contributed by atoms with E-state index in [9.17, 15) is 4.79 Å². The van der Waals surface area contributed by atoms with E-state index in [2.05, 4.69) is 41.5 Å². The van der Waals surface area contributed by atoms with Crippen molar-refractivity contribution in [1.29, 1.82) is 0 Å². The number of carbonyl (C=O) groups is 1. The van der Waals surface area contributed by atoms with Gasteiger partial charge in [0.25, 0.3) is 0 Å². The predicted octanol–water partition coefficient (Wildman–Crippen LogP) is 5.77. The van der Waals surface area contributed by atoms with Crippen molar-refractivity contribution in [2.75, 3.05) is 0 Å². The molecule has 0 amide bonds. The minimum Gasteiger partial charge on any atom is -0.298 e. The zero-order valence-electron chi connectivity index (χ0n) is 14.6. The molecular formula is C19H34O. The smallest absolute Gasteiger partial charge is 0.145 e. The Balaban J connectivity index is 2.38. The maximum Gasteiger partial charge on any atom is 0.145 e. The molecule has 0 aromatic carbocycles. The number of hydrogen-bond donors (Lipinski definition) is 0.